The van der Waals surface area contributed by atoms with Crippen molar-refractivity contribution >= 4 is 17.8 Å². The van der Waals surface area contributed by atoms with Crippen LogP contribution in [0.15, 0.2) is 83.5 Å². The first-order chi connectivity index (χ1) is 15.9. The van der Waals surface area contributed by atoms with E-state index in [4.69, 9.17) is 4.74 Å². The van der Waals surface area contributed by atoms with Gasteiger partial charge in [-0.15, -0.1) is 0 Å². The van der Waals surface area contributed by atoms with E-state index in [0.717, 1.165) is 34.9 Å². The molecule has 3 aromatic rings. The quantitative estimate of drug-likeness (QED) is 0.204. The van der Waals surface area contributed by atoms with E-state index in [1.165, 1.54) is 19.3 Å². The van der Waals surface area contributed by atoms with Gasteiger partial charge in [-0.25, -0.2) is 4.39 Å². The molecule has 0 aliphatic heterocycles. The van der Waals surface area contributed by atoms with Crippen LogP contribution in [0.3, 0.4) is 0 Å². The summed E-state index contributed by atoms with van der Waals surface area (Å²) in [4.78, 5) is 0.317. The number of halogens is 3. The van der Waals surface area contributed by atoms with E-state index < -0.39 is 11.1 Å². The molecule has 0 saturated heterocycles. The van der Waals surface area contributed by atoms with Crippen molar-refractivity contribution in [1.29, 1.82) is 0 Å². The Balaban J connectivity index is 1.60. The summed E-state index contributed by atoms with van der Waals surface area (Å²) in [5, 5.41) is -3.64. The lowest BCUT2D eigenvalue weighted by atomic mass is 10.0. The van der Waals surface area contributed by atoms with Crippen molar-refractivity contribution < 1.29 is 17.9 Å². The molecule has 0 atom stereocenters. The molecule has 0 saturated carbocycles. The molecule has 0 spiro atoms. The highest BCUT2D eigenvalue weighted by atomic mass is 32.2. The van der Waals surface area contributed by atoms with Gasteiger partial charge in [-0.2, -0.15) is 8.78 Å². The summed E-state index contributed by atoms with van der Waals surface area (Å²) in [6.45, 7) is 4.76. The third-order valence-corrected chi connectivity index (χ3v) is 6.16. The molecule has 5 heteroatoms. The maximum absolute atomic E-state index is 14.3. The van der Waals surface area contributed by atoms with Crippen molar-refractivity contribution in [2.24, 2.45) is 0 Å². The first kappa shape index (κ1) is 25.0. The van der Waals surface area contributed by atoms with Crippen molar-refractivity contribution in [3.63, 3.8) is 0 Å². The molecule has 0 bridgehead atoms. The largest absolute Gasteiger partial charge is 0.494 e. The molecule has 3 rings (SSSR count). The SMILES string of the molecule is CCCCCCOc1ccc(-c2ccc(/C=C(\F)C(F)(F)Sc3ccc(C)cc3)cc2)cc1. The van der Waals surface area contributed by atoms with Crippen LogP contribution >= 0.6 is 11.8 Å². The van der Waals surface area contributed by atoms with Gasteiger partial charge < -0.3 is 4.74 Å². The molecule has 0 N–H and O–H groups in total. The van der Waals surface area contributed by atoms with Crippen molar-refractivity contribution in [2.75, 3.05) is 6.61 Å². The number of hydrogen-bond donors (Lipinski definition) is 0. The molecule has 174 valence electrons. The van der Waals surface area contributed by atoms with Crippen molar-refractivity contribution in [1.82, 2.24) is 0 Å². The Labute approximate surface area is 198 Å². The second-order valence-electron chi connectivity index (χ2n) is 7.98. The lowest BCUT2D eigenvalue weighted by Gasteiger charge is -2.14. The Morgan fingerprint density at radius 3 is 2.06 bits per heavy atom. The molecule has 0 unspecified atom stereocenters. The topological polar surface area (TPSA) is 9.23 Å². The third-order valence-electron chi connectivity index (χ3n) is 5.20. The lowest BCUT2D eigenvalue weighted by molar-refractivity contribution is 0.121. The number of ether oxygens (including phenoxy) is 1. The monoisotopic (exact) mass is 470 g/mol. The molecular weight excluding hydrogens is 441 g/mol. The Kier molecular flexibility index (Phi) is 9.07. The highest BCUT2D eigenvalue weighted by Gasteiger charge is 2.36. The van der Waals surface area contributed by atoms with Gasteiger partial charge in [0, 0.05) is 4.90 Å². The lowest BCUT2D eigenvalue weighted by Crippen LogP contribution is -2.10. The van der Waals surface area contributed by atoms with Crippen LogP contribution in [-0.4, -0.2) is 11.9 Å². The van der Waals surface area contributed by atoms with Gasteiger partial charge in [0.25, 0.3) is 0 Å². The zero-order chi connectivity index (χ0) is 23.7. The van der Waals surface area contributed by atoms with Gasteiger partial charge >= 0.3 is 5.25 Å². The highest BCUT2D eigenvalue weighted by Crippen LogP contribution is 2.42. The molecular formula is C28H29F3OS. The number of rotatable bonds is 11. The molecule has 33 heavy (non-hydrogen) atoms. The Hall–Kier alpha value is -2.66. The second kappa shape index (κ2) is 12.0. The molecule has 0 heterocycles. The van der Waals surface area contributed by atoms with E-state index in [-0.39, 0.29) is 11.8 Å². The number of thioether (sulfide) groups is 1. The molecule has 0 amide bonds. The fourth-order valence-corrected chi connectivity index (χ4v) is 3.99. The predicted octanol–water partition coefficient (Wildman–Crippen LogP) is 9.32. The van der Waals surface area contributed by atoms with Crippen LogP contribution < -0.4 is 4.74 Å². The van der Waals surface area contributed by atoms with Crippen LogP contribution in [0.2, 0.25) is 0 Å². The summed E-state index contributed by atoms with van der Waals surface area (Å²) in [5.41, 5.74) is 3.24. The molecule has 0 aromatic heterocycles. The van der Waals surface area contributed by atoms with Crippen LogP contribution in [0.1, 0.15) is 43.7 Å². The number of alkyl halides is 2. The fourth-order valence-electron chi connectivity index (χ4n) is 3.27. The molecule has 0 aliphatic rings. The predicted molar refractivity (Wildman–Crippen MR) is 133 cm³/mol. The summed E-state index contributed by atoms with van der Waals surface area (Å²) in [6, 6.07) is 21.2. The van der Waals surface area contributed by atoms with Crippen molar-refractivity contribution in [3.8, 4) is 16.9 Å². The first-order valence-corrected chi connectivity index (χ1v) is 12.0. The maximum atomic E-state index is 14.3. The summed E-state index contributed by atoms with van der Waals surface area (Å²) in [7, 11) is 0. The summed E-state index contributed by atoms with van der Waals surface area (Å²) >= 11 is 0.204. The molecule has 1 nitrogen and oxygen atoms in total. The number of hydrogen-bond acceptors (Lipinski definition) is 2. The molecule has 3 aromatic carbocycles. The Morgan fingerprint density at radius 1 is 0.848 bits per heavy atom. The summed E-state index contributed by atoms with van der Waals surface area (Å²) in [5.74, 6) is -0.647. The van der Waals surface area contributed by atoms with E-state index in [9.17, 15) is 13.2 Å². The van der Waals surface area contributed by atoms with Gasteiger partial charge in [0.2, 0.25) is 0 Å². The fraction of sp³-hybridized carbons (Fsp3) is 0.286. The minimum absolute atomic E-state index is 0.204. The third kappa shape index (κ3) is 7.71. The van der Waals surface area contributed by atoms with Gasteiger partial charge in [0.05, 0.1) is 6.61 Å². The van der Waals surface area contributed by atoms with Gasteiger partial charge in [0.15, 0.2) is 5.83 Å². The molecule has 0 fully saturated rings. The van der Waals surface area contributed by atoms with Crippen molar-refractivity contribution in [2.45, 2.75) is 49.7 Å². The van der Waals surface area contributed by atoms with Crippen molar-refractivity contribution in [3.05, 3.63) is 89.8 Å². The van der Waals surface area contributed by atoms with E-state index >= 15 is 0 Å². The van der Waals surface area contributed by atoms with Gasteiger partial charge in [-0.3, -0.25) is 0 Å². The Morgan fingerprint density at radius 2 is 1.45 bits per heavy atom. The minimum atomic E-state index is -3.64. The zero-order valence-electron chi connectivity index (χ0n) is 19.0. The summed E-state index contributed by atoms with van der Waals surface area (Å²) < 4.78 is 48.8. The van der Waals surface area contributed by atoms with Gasteiger partial charge in [-0.05, 0) is 72.1 Å². The first-order valence-electron chi connectivity index (χ1n) is 11.2. The van der Waals surface area contributed by atoms with E-state index in [2.05, 4.69) is 6.92 Å². The van der Waals surface area contributed by atoms with Crippen LogP contribution in [0.4, 0.5) is 13.2 Å². The minimum Gasteiger partial charge on any atom is -0.494 e. The highest BCUT2D eigenvalue weighted by molar-refractivity contribution is 8.00. The van der Waals surface area contributed by atoms with Gasteiger partial charge in [-0.1, -0.05) is 80.3 Å². The average Bonchev–Trinajstić information content (AvgIpc) is 2.81. The van der Waals surface area contributed by atoms with Crippen LogP contribution in [-0.2, 0) is 0 Å². The standard InChI is InChI=1S/C28H29F3OS/c1-3-4-5-6-19-32-25-15-13-24(14-16-25)23-11-9-22(10-12-23)20-27(29)28(30,31)33-26-17-7-21(2)8-18-26/h7-18,20H,3-6,19H2,1-2H3/b27-20-. The van der Waals surface area contributed by atoms with Gasteiger partial charge in [0.1, 0.15) is 5.75 Å². The molecule has 0 aliphatic carbocycles. The average molecular weight is 471 g/mol. The summed E-state index contributed by atoms with van der Waals surface area (Å²) in [6.07, 6.45) is 5.53. The zero-order valence-corrected chi connectivity index (χ0v) is 19.8. The number of unbranched alkanes of at least 4 members (excludes halogenated alkanes) is 3. The van der Waals surface area contributed by atoms with Crippen LogP contribution in [0, 0.1) is 6.92 Å². The maximum Gasteiger partial charge on any atom is 0.349 e. The number of aryl methyl sites for hydroxylation is 1. The van der Waals surface area contributed by atoms with E-state index in [0.29, 0.717) is 17.1 Å². The van der Waals surface area contributed by atoms with Crippen LogP contribution in [0.5, 0.6) is 5.75 Å². The normalized spacial score (nSPS) is 12.1. The van der Waals surface area contributed by atoms with Crippen LogP contribution in [0.25, 0.3) is 17.2 Å². The number of benzene rings is 3. The molecule has 0 radical (unpaired) electrons. The van der Waals surface area contributed by atoms with E-state index in [1.807, 2.05) is 31.2 Å². The van der Waals surface area contributed by atoms with E-state index in [1.54, 1.807) is 48.5 Å². The Bertz CT molecular complexity index is 1030. The smallest absolute Gasteiger partial charge is 0.349 e. The second-order valence-corrected chi connectivity index (χ2v) is 9.17.